The van der Waals surface area contributed by atoms with Crippen LogP contribution in [0.1, 0.15) is 24.8 Å². The van der Waals surface area contributed by atoms with E-state index in [1.165, 1.54) is 12.8 Å². The second-order valence-corrected chi connectivity index (χ2v) is 6.77. The molecule has 0 aliphatic carbocycles. The van der Waals surface area contributed by atoms with Gasteiger partial charge in [0.1, 0.15) is 12.4 Å². The molecule has 1 aromatic rings. The van der Waals surface area contributed by atoms with Crippen molar-refractivity contribution in [2.75, 3.05) is 33.3 Å². The van der Waals surface area contributed by atoms with Gasteiger partial charge in [-0.25, -0.2) is 4.79 Å². The molecule has 0 spiro atoms. The number of benzene rings is 1. The number of hydrogen-bond acceptors (Lipinski definition) is 3. The van der Waals surface area contributed by atoms with Crippen LogP contribution in [0.15, 0.2) is 18.2 Å². The van der Waals surface area contributed by atoms with Crippen LogP contribution in [0.4, 0.5) is 4.79 Å². The molecule has 23 heavy (non-hydrogen) atoms. The minimum absolute atomic E-state index is 0.0274. The van der Waals surface area contributed by atoms with E-state index in [-0.39, 0.29) is 6.03 Å². The quantitative estimate of drug-likeness (QED) is 0.902. The second kappa shape index (κ2) is 7.41. The Labute approximate surface area is 142 Å². The summed E-state index contributed by atoms with van der Waals surface area (Å²) in [4.78, 5) is 16.6. The highest BCUT2D eigenvalue weighted by atomic mass is 35.5. The lowest BCUT2D eigenvalue weighted by Crippen LogP contribution is -2.48. The van der Waals surface area contributed by atoms with Crippen LogP contribution < -0.4 is 10.1 Å². The molecule has 2 heterocycles. The van der Waals surface area contributed by atoms with Crippen LogP contribution >= 0.6 is 11.6 Å². The van der Waals surface area contributed by atoms with E-state index < -0.39 is 0 Å². The van der Waals surface area contributed by atoms with Gasteiger partial charge in [-0.1, -0.05) is 18.0 Å². The molecule has 0 radical (unpaired) electrons. The van der Waals surface area contributed by atoms with Crippen molar-refractivity contribution < 1.29 is 9.53 Å². The number of urea groups is 1. The molecule has 1 aromatic carbocycles. The summed E-state index contributed by atoms with van der Waals surface area (Å²) >= 11 is 6.06. The normalized spacial score (nSPS) is 22.0. The molecule has 1 fully saturated rings. The molecule has 1 atom stereocenters. The molecule has 6 heteroatoms. The van der Waals surface area contributed by atoms with Crippen LogP contribution in [0.25, 0.3) is 0 Å². The topological polar surface area (TPSA) is 44.8 Å². The van der Waals surface area contributed by atoms with Crippen molar-refractivity contribution in [3.8, 4) is 5.75 Å². The van der Waals surface area contributed by atoms with Crippen LogP contribution in [0.3, 0.4) is 0 Å². The highest BCUT2D eigenvalue weighted by Crippen LogP contribution is 2.26. The van der Waals surface area contributed by atoms with Crippen molar-refractivity contribution in [3.63, 3.8) is 0 Å². The lowest BCUT2D eigenvalue weighted by atomic mass is 10.0. The predicted octanol–water partition coefficient (Wildman–Crippen LogP) is 2.73. The SMILES string of the molecule is CN1CCCCC1CNC(=O)N1CCOc2ccc(Cl)cc2C1. The Morgan fingerprint density at radius 1 is 1.39 bits per heavy atom. The van der Waals surface area contributed by atoms with Crippen molar-refractivity contribution in [1.82, 2.24) is 15.1 Å². The van der Waals surface area contributed by atoms with Crippen LogP contribution in [0.5, 0.6) is 5.75 Å². The number of carbonyl (C=O) groups excluding carboxylic acids is 1. The Bertz CT molecular complexity index is 567. The fourth-order valence-electron chi connectivity index (χ4n) is 3.26. The number of hydrogen-bond donors (Lipinski definition) is 1. The van der Waals surface area contributed by atoms with Gasteiger partial charge < -0.3 is 19.9 Å². The summed E-state index contributed by atoms with van der Waals surface area (Å²) in [5.74, 6) is 0.816. The van der Waals surface area contributed by atoms with Crippen LogP contribution in [0, 0.1) is 0 Å². The first-order chi connectivity index (χ1) is 11.1. The van der Waals surface area contributed by atoms with Crippen molar-refractivity contribution in [3.05, 3.63) is 28.8 Å². The number of nitrogens with one attached hydrogen (secondary N) is 1. The van der Waals surface area contributed by atoms with Crippen molar-refractivity contribution >= 4 is 17.6 Å². The summed E-state index contributed by atoms with van der Waals surface area (Å²) in [5, 5.41) is 3.75. The van der Waals surface area contributed by atoms with E-state index in [1.807, 2.05) is 18.2 Å². The summed E-state index contributed by atoms with van der Waals surface area (Å²) in [5.41, 5.74) is 0.958. The monoisotopic (exact) mass is 337 g/mol. The third kappa shape index (κ3) is 4.09. The first kappa shape index (κ1) is 16.4. The second-order valence-electron chi connectivity index (χ2n) is 6.34. The molecule has 1 saturated heterocycles. The largest absolute Gasteiger partial charge is 0.491 e. The first-order valence-electron chi connectivity index (χ1n) is 8.28. The molecule has 2 aliphatic rings. The average Bonchev–Trinajstić information content (AvgIpc) is 2.75. The van der Waals surface area contributed by atoms with Gasteiger partial charge in [0, 0.05) is 23.2 Å². The summed E-state index contributed by atoms with van der Waals surface area (Å²) < 4.78 is 5.71. The molecule has 126 valence electrons. The zero-order valence-corrected chi connectivity index (χ0v) is 14.3. The summed E-state index contributed by atoms with van der Waals surface area (Å²) in [7, 11) is 2.13. The maximum Gasteiger partial charge on any atom is 0.317 e. The molecule has 0 saturated carbocycles. The van der Waals surface area contributed by atoms with E-state index >= 15 is 0 Å². The average molecular weight is 338 g/mol. The zero-order chi connectivity index (χ0) is 16.2. The molecule has 1 unspecified atom stereocenters. The maximum absolute atomic E-state index is 12.5. The molecular weight excluding hydrogens is 314 g/mol. The highest BCUT2D eigenvalue weighted by molar-refractivity contribution is 6.30. The van der Waals surface area contributed by atoms with Crippen molar-refractivity contribution in [2.45, 2.75) is 31.8 Å². The number of likely N-dealkylation sites (tertiary alicyclic amines) is 1. The molecule has 0 aromatic heterocycles. The third-order valence-corrected chi connectivity index (χ3v) is 4.94. The van der Waals surface area contributed by atoms with Gasteiger partial charge in [-0.05, 0) is 44.6 Å². The molecule has 3 rings (SSSR count). The zero-order valence-electron chi connectivity index (χ0n) is 13.6. The van der Waals surface area contributed by atoms with Gasteiger partial charge in [0.15, 0.2) is 0 Å². The summed E-state index contributed by atoms with van der Waals surface area (Å²) in [6.45, 7) is 3.44. The minimum atomic E-state index is -0.0274. The Morgan fingerprint density at radius 3 is 3.09 bits per heavy atom. The summed E-state index contributed by atoms with van der Waals surface area (Å²) in [6.07, 6.45) is 3.65. The minimum Gasteiger partial charge on any atom is -0.491 e. The van der Waals surface area contributed by atoms with Crippen LogP contribution in [-0.2, 0) is 6.54 Å². The number of nitrogens with zero attached hydrogens (tertiary/aromatic N) is 2. The van der Waals surface area contributed by atoms with Gasteiger partial charge in [0.05, 0.1) is 13.1 Å². The molecule has 2 aliphatic heterocycles. The van der Waals surface area contributed by atoms with E-state index in [9.17, 15) is 4.79 Å². The van der Waals surface area contributed by atoms with Gasteiger partial charge in [-0.3, -0.25) is 0 Å². The number of halogens is 1. The lowest BCUT2D eigenvalue weighted by molar-refractivity contribution is 0.165. The van der Waals surface area contributed by atoms with Gasteiger partial charge in [0.25, 0.3) is 0 Å². The van der Waals surface area contributed by atoms with E-state index in [0.29, 0.717) is 37.3 Å². The number of likely N-dealkylation sites (N-methyl/N-ethyl adjacent to an activating group) is 1. The maximum atomic E-state index is 12.5. The number of amides is 2. The Kier molecular flexibility index (Phi) is 5.28. The molecule has 1 N–H and O–H groups in total. The van der Waals surface area contributed by atoms with E-state index in [2.05, 4.69) is 17.3 Å². The van der Waals surface area contributed by atoms with E-state index in [1.54, 1.807) is 4.90 Å². The van der Waals surface area contributed by atoms with Crippen molar-refractivity contribution in [2.24, 2.45) is 0 Å². The number of carbonyl (C=O) groups is 1. The third-order valence-electron chi connectivity index (χ3n) is 4.70. The molecule has 5 nitrogen and oxygen atoms in total. The summed E-state index contributed by atoms with van der Waals surface area (Å²) in [6, 6.07) is 5.97. The van der Waals surface area contributed by atoms with Gasteiger partial charge in [-0.2, -0.15) is 0 Å². The predicted molar refractivity (Wildman–Crippen MR) is 91.0 cm³/mol. The van der Waals surface area contributed by atoms with Crippen LogP contribution in [-0.4, -0.2) is 55.2 Å². The molecule has 0 bridgehead atoms. The number of rotatable bonds is 2. The molecule has 2 amide bonds. The molecular formula is C17H24ClN3O2. The highest BCUT2D eigenvalue weighted by Gasteiger charge is 2.23. The van der Waals surface area contributed by atoms with Crippen LogP contribution in [0.2, 0.25) is 5.02 Å². The fourth-order valence-corrected chi connectivity index (χ4v) is 3.45. The Balaban J connectivity index is 1.59. The fraction of sp³-hybridized carbons (Fsp3) is 0.588. The van der Waals surface area contributed by atoms with Gasteiger partial charge in [-0.15, -0.1) is 0 Å². The van der Waals surface area contributed by atoms with Gasteiger partial charge >= 0.3 is 6.03 Å². The Morgan fingerprint density at radius 2 is 2.26 bits per heavy atom. The lowest BCUT2D eigenvalue weighted by Gasteiger charge is -2.33. The van der Waals surface area contributed by atoms with E-state index in [4.69, 9.17) is 16.3 Å². The number of piperidine rings is 1. The first-order valence-corrected chi connectivity index (χ1v) is 8.65. The van der Waals surface area contributed by atoms with Crippen molar-refractivity contribution in [1.29, 1.82) is 0 Å². The smallest absolute Gasteiger partial charge is 0.317 e. The number of fused-ring (bicyclic) bond motifs is 1. The van der Waals surface area contributed by atoms with Gasteiger partial charge in [0.2, 0.25) is 0 Å². The Hall–Kier alpha value is -1.46. The van der Waals surface area contributed by atoms with E-state index in [0.717, 1.165) is 24.3 Å². The standard InChI is InChI=1S/C17H24ClN3O2/c1-20-7-3-2-4-15(20)11-19-17(22)21-8-9-23-16-6-5-14(18)10-13(16)12-21/h5-6,10,15H,2-4,7-9,11-12H2,1H3,(H,19,22). The number of ether oxygens (including phenoxy) is 1.